The van der Waals surface area contributed by atoms with Crippen molar-refractivity contribution in [2.75, 3.05) is 31.5 Å². The molecule has 0 aromatic heterocycles. The Morgan fingerprint density at radius 1 is 0.929 bits per heavy atom. The Hall–Kier alpha value is -2.87. The number of piperazine rings is 1. The van der Waals surface area contributed by atoms with Crippen molar-refractivity contribution in [3.63, 3.8) is 0 Å². The van der Waals surface area contributed by atoms with E-state index in [1.54, 1.807) is 36.1 Å². The quantitative estimate of drug-likeness (QED) is 0.816. The zero-order chi connectivity index (χ0) is 20.3. The molecule has 0 spiro atoms. The summed E-state index contributed by atoms with van der Waals surface area (Å²) in [4.78, 5) is 28.4. The zero-order valence-electron chi connectivity index (χ0n) is 15.3. The highest BCUT2D eigenvalue weighted by Gasteiger charge is 2.28. The van der Waals surface area contributed by atoms with Crippen LogP contribution in [0.15, 0.2) is 42.5 Å². The predicted octanol–water partition coefficient (Wildman–Crippen LogP) is 2.89. The second kappa shape index (κ2) is 8.43. The smallest absolute Gasteiger partial charge is 0.253 e. The van der Waals surface area contributed by atoms with Gasteiger partial charge in [0, 0.05) is 31.7 Å². The number of amides is 2. The van der Waals surface area contributed by atoms with Gasteiger partial charge in [0.1, 0.15) is 0 Å². The van der Waals surface area contributed by atoms with Crippen LogP contribution in [0.1, 0.15) is 17.3 Å². The number of nitrogens with one attached hydrogen (secondary N) is 1. The molecule has 1 atom stereocenters. The minimum Gasteiger partial charge on any atom is -0.336 e. The van der Waals surface area contributed by atoms with Gasteiger partial charge in [-0.3, -0.25) is 14.5 Å². The summed E-state index contributed by atoms with van der Waals surface area (Å²) in [7, 11) is 0. The molecule has 3 rings (SSSR count). The first kappa shape index (κ1) is 19.9. The van der Waals surface area contributed by atoms with Crippen molar-refractivity contribution in [2.24, 2.45) is 0 Å². The fraction of sp³-hybridized carbons (Fsp3) is 0.300. The van der Waals surface area contributed by atoms with Crippen LogP contribution >= 0.6 is 0 Å². The van der Waals surface area contributed by atoms with Crippen LogP contribution in [0, 0.1) is 17.5 Å². The number of hydrogen-bond donors (Lipinski definition) is 1. The first-order valence-corrected chi connectivity index (χ1v) is 8.91. The molecule has 1 N–H and O–H groups in total. The van der Waals surface area contributed by atoms with Gasteiger partial charge in [-0.2, -0.15) is 0 Å². The van der Waals surface area contributed by atoms with Crippen LogP contribution in [0.4, 0.5) is 18.9 Å². The third kappa shape index (κ3) is 4.17. The van der Waals surface area contributed by atoms with Crippen molar-refractivity contribution in [1.29, 1.82) is 0 Å². The van der Waals surface area contributed by atoms with Gasteiger partial charge >= 0.3 is 0 Å². The van der Waals surface area contributed by atoms with Gasteiger partial charge in [-0.05, 0) is 31.2 Å². The second-order valence-corrected chi connectivity index (χ2v) is 6.58. The van der Waals surface area contributed by atoms with Gasteiger partial charge in [0.15, 0.2) is 17.5 Å². The molecule has 0 saturated carbocycles. The van der Waals surface area contributed by atoms with Gasteiger partial charge in [-0.1, -0.05) is 18.2 Å². The van der Waals surface area contributed by atoms with Gasteiger partial charge in [0.2, 0.25) is 5.91 Å². The van der Waals surface area contributed by atoms with E-state index < -0.39 is 35.1 Å². The highest BCUT2D eigenvalue weighted by molar-refractivity contribution is 5.95. The summed E-state index contributed by atoms with van der Waals surface area (Å²) in [5.74, 6) is -4.98. The van der Waals surface area contributed by atoms with E-state index in [0.717, 1.165) is 12.1 Å². The molecule has 0 aliphatic carbocycles. The molecule has 1 fully saturated rings. The van der Waals surface area contributed by atoms with E-state index in [4.69, 9.17) is 0 Å². The number of nitrogens with zero attached hydrogens (tertiary/aromatic N) is 2. The van der Waals surface area contributed by atoms with Crippen molar-refractivity contribution in [3.05, 3.63) is 65.5 Å². The Bertz CT molecular complexity index is 868. The monoisotopic (exact) mass is 391 g/mol. The van der Waals surface area contributed by atoms with E-state index >= 15 is 0 Å². The molecule has 1 saturated heterocycles. The van der Waals surface area contributed by atoms with Crippen molar-refractivity contribution in [2.45, 2.75) is 13.0 Å². The maximum Gasteiger partial charge on any atom is 0.253 e. The summed E-state index contributed by atoms with van der Waals surface area (Å²) in [6.45, 7) is 3.47. The summed E-state index contributed by atoms with van der Waals surface area (Å²) in [6.07, 6.45) is 0. The Morgan fingerprint density at radius 3 is 2.21 bits per heavy atom. The molecule has 5 nitrogen and oxygen atoms in total. The van der Waals surface area contributed by atoms with E-state index in [2.05, 4.69) is 5.32 Å². The summed E-state index contributed by atoms with van der Waals surface area (Å²) < 4.78 is 40.1. The van der Waals surface area contributed by atoms with E-state index in [1.807, 2.05) is 11.0 Å². The van der Waals surface area contributed by atoms with Crippen LogP contribution in [0.3, 0.4) is 0 Å². The first-order valence-electron chi connectivity index (χ1n) is 8.91. The average Bonchev–Trinajstić information content (AvgIpc) is 2.73. The lowest BCUT2D eigenvalue weighted by atomic mass is 10.1. The van der Waals surface area contributed by atoms with Gasteiger partial charge < -0.3 is 10.2 Å². The second-order valence-electron chi connectivity index (χ2n) is 6.58. The molecular weight excluding hydrogens is 371 g/mol. The average molecular weight is 391 g/mol. The molecule has 1 unspecified atom stereocenters. The maximum absolute atomic E-state index is 13.7. The Kier molecular flexibility index (Phi) is 5.99. The van der Waals surface area contributed by atoms with Crippen LogP contribution < -0.4 is 5.32 Å². The largest absolute Gasteiger partial charge is 0.336 e. The molecule has 2 aromatic carbocycles. The standard InChI is InChI=1S/C20H20F3N3O2/c1-13(19(27)24-16-8-7-15(21)17(22)18(16)23)25-9-11-26(12-10-25)20(28)14-5-3-2-4-6-14/h2-8,13H,9-12H2,1H3,(H,24,27). The normalized spacial score (nSPS) is 15.9. The van der Waals surface area contributed by atoms with Crippen LogP contribution in [0.2, 0.25) is 0 Å². The third-order valence-electron chi connectivity index (χ3n) is 4.84. The minimum absolute atomic E-state index is 0.0683. The Labute approximate surface area is 160 Å². The number of carbonyl (C=O) groups excluding carboxylic acids is 2. The number of hydrogen-bond acceptors (Lipinski definition) is 3. The lowest BCUT2D eigenvalue weighted by molar-refractivity contribution is -0.121. The number of rotatable bonds is 4. The van der Waals surface area contributed by atoms with Crippen molar-refractivity contribution >= 4 is 17.5 Å². The molecule has 1 aliphatic rings. The topological polar surface area (TPSA) is 52.7 Å². The van der Waals surface area contributed by atoms with Crippen LogP contribution in [-0.4, -0.2) is 53.8 Å². The summed E-state index contributed by atoms with van der Waals surface area (Å²) in [6, 6.07) is 10.1. The van der Waals surface area contributed by atoms with E-state index in [9.17, 15) is 22.8 Å². The lowest BCUT2D eigenvalue weighted by Gasteiger charge is -2.37. The molecule has 1 heterocycles. The Morgan fingerprint density at radius 2 is 1.57 bits per heavy atom. The summed E-state index contributed by atoms with van der Waals surface area (Å²) in [5, 5.41) is 2.29. The molecule has 2 amide bonds. The van der Waals surface area contributed by atoms with Crippen molar-refractivity contribution < 1.29 is 22.8 Å². The van der Waals surface area contributed by atoms with Gasteiger partial charge in [-0.25, -0.2) is 13.2 Å². The number of benzene rings is 2. The predicted molar refractivity (Wildman–Crippen MR) is 98.3 cm³/mol. The van der Waals surface area contributed by atoms with Crippen LogP contribution in [-0.2, 0) is 4.79 Å². The maximum atomic E-state index is 13.7. The number of halogens is 3. The third-order valence-corrected chi connectivity index (χ3v) is 4.84. The van der Waals surface area contributed by atoms with Gasteiger partial charge in [0.25, 0.3) is 5.91 Å². The molecule has 0 radical (unpaired) electrons. The van der Waals surface area contributed by atoms with E-state index in [1.165, 1.54) is 0 Å². The Balaban J connectivity index is 1.57. The SMILES string of the molecule is CC(C(=O)Nc1ccc(F)c(F)c1F)N1CCN(C(=O)c2ccccc2)CC1. The van der Waals surface area contributed by atoms with Crippen LogP contribution in [0.5, 0.6) is 0 Å². The minimum atomic E-state index is -1.63. The first-order chi connectivity index (χ1) is 13.4. The van der Waals surface area contributed by atoms with E-state index in [0.29, 0.717) is 31.7 Å². The number of carbonyl (C=O) groups is 2. The number of anilines is 1. The fourth-order valence-electron chi connectivity index (χ4n) is 3.10. The van der Waals surface area contributed by atoms with Crippen LogP contribution in [0.25, 0.3) is 0 Å². The van der Waals surface area contributed by atoms with Gasteiger partial charge in [-0.15, -0.1) is 0 Å². The molecule has 0 bridgehead atoms. The fourth-order valence-corrected chi connectivity index (χ4v) is 3.10. The molecule has 1 aliphatic heterocycles. The molecule has 28 heavy (non-hydrogen) atoms. The highest BCUT2D eigenvalue weighted by atomic mass is 19.2. The lowest BCUT2D eigenvalue weighted by Crippen LogP contribution is -2.54. The molecule has 148 valence electrons. The highest BCUT2D eigenvalue weighted by Crippen LogP contribution is 2.20. The molecular formula is C20H20F3N3O2. The molecule has 2 aromatic rings. The van der Waals surface area contributed by atoms with Crippen molar-refractivity contribution in [1.82, 2.24) is 9.80 Å². The molecule has 8 heteroatoms. The summed E-state index contributed by atoms with van der Waals surface area (Å²) >= 11 is 0. The van der Waals surface area contributed by atoms with Crippen molar-refractivity contribution in [3.8, 4) is 0 Å². The van der Waals surface area contributed by atoms with E-state index in [-0.39, 0.29) is 5.91 Å². The van der Waals surface area contributed by atoms with Gasteiger partial charge in [0.05, 0.1) is 11.7 Å². The zero-order valence-corrected chi connectivity index (χ0v) is 15.3. The summed E-state index contributed by atoms with van der Waals surface area (Å²) in [5.41, 5.74) is 0.198.